The molecule has 2 atom stereocenters. The number of hydrogen-bond donors (Lipinski definition) is 2. The number of halogens is 3. The second-order valence-corrected chi connectivity index (χ2v) is 2.50. The molecular formula is C5H7F3N2O. The van der Waals surface area contributed by atoms with Crippen LogP contribution in [0.15, 0.2) is 0 Å². The van der Waals surface area contributed by atoms with Crippen LogP contribution in [0.5, 0.6) is 0 Å². The standard InChI is InChI=1S/C5H7F3N2O/c6-5(7,8)3-1-2(3)4(11)10-9/h2-3H,1,9H2,(H,10,11). The molecule has 0 aromatic rings. The van der Waals surface area contributed by atoms with Gasteiger partial charge in [0.15, 0.2) is 0 Å². The molecule has 0 bridgehead atoms. The molecule has 0 heterocycles. The molecule has 1 saturated carbocycles. The quantitative estimate of drug-likeness (QED) is 0.333. The summed E-state index contributed by atoms with van der Waals surface area (Å²) in [6.07, 6.45) is -4.39. The van der Waals surface area contributed by atoms with Crippen molar-refractivity contribution in [1.82, 2.24) is 5.43 Å². The summed E-state index contributed by atoms with van der Waals surface area (Å²) in [5, 5.41) is 0. The number of hydrogen-bond acceptors (Lipinski definition) is 2. The summed E-state index contributed by atoms with van der Waals surface area (Å²) in [5.74, 6) is 1.48. The molecule has 11 heavy (non-hydrogen) atoms. The fourth-order valence-electron chi connectivity index (χ4n) is 0.954. The first-order chi connectivity index (χ1) is 4.96. The lowest BCUT2D eigenvalue weighted by Gasteiger charge is -2.03. The van der Waals surface area contributed by atoms with Gasteiger partial charge in [-0.15, -0.1) is 0 Å². The Kier molecular flexibility index (Phi) is 1.79. The number of carbonyl (C=O) groups is 1. The van der Waals surface area contributed by atoms with Crippen LogP contribution in [0.4, 0.5) is 13.2 Å². The molecule has 3 nitrogen and oxygen atoms in total. The van der Waals surface area contributed by atoms with Crippen LogP contribution in [0.1, 0.15) is 6.42 Å². The highest BCUT2D eigenvalue weighted by atomic mass is 19.4. The number of carbonyl (C=O) groups excluding carboxylic acids is 1. The first kappa shape index (κ1) is 8.32. The summed E-state index contributed by atoms with van der Waals surface area (Å²) in [6.45, 7) is 0. The molecular weight excluding hydrogens is 161 g/mol. The Labute approximate surface area is 60.7 Å². The third kappa shape index (κ3) is 1.62. The molecule has 0 aromatic heterocycles. The van der Waals surface area contributed by atoms with E-state index in [0.717, 1.165) is 0 Å². The molecule has 0 saturated heterocycles. The summed E-state index contributed by atoms with van der Waals surface area (Å²) in [6, 6.07) is 0. The third-order valence-corrected chi connectivity index (χ3v) is 1.69. The highest BCUT2D eigenvalue weighted by Crippen LogP contribution is 2.49. The summed E-state index contributed by atoms with van der Waals surface area (Å²) in [7, 11) is 0. The molecule has 2 unspecified atom stereocenters. The Hall–Kier alpha value is -0.780. The molecule has 1 rings (SSSR count). The molecule has 3 N–H and O–H groups in total. The third-order valence-electron chi connectivity index (χ3n) is 1.69. The lowest BCUT2D eigenvalue weighted by atomic mass is 10.3. The van der Waals surface area contributed by atoms with Crippen LogP contribution in [0, 0.1) is 11.8 Å². The van der Waals surface area contributed by atoms with Crippen LogP contribution >= 0.6 is 0 Å². The molecule has 0 aromatic carbocycles. The van der Waals surface area contributed by atoms with Crippen LogP contribution in [0.25, 0.3) is 0 Å². The van der Waals surface area contributed by atoms with Gasteiger partial charge in [0, 0.05) is 0 Å². The SMILES string of the molecule is NNC(=O)C1CC1C(F)(F)F. The summed E-state index contributed by atoms with van der Waals surface area (Å²) in [4.78, 5) is 10.5. The van der Waals surface area contributed by atoms with Crippen LogP contribution in [-0.2, 0) is 4.79 Å². The first-order valence-corrected chi connectivity index (χ1v) is 3.04. The minimum atomic E-state index is -4.25. The van der Waals surface area contributed by atoms with Crippen molar-refractivity contribution in [2.75, 3.05) is 0 Å². The fraction of sp³-hybridized carbons (Fsp3) is 0.800. The van der Waals surface area contributed by atoms with Gasteiger partial charge in [-0.3, -0.25) is 10.2 Å². The number of nitrogens with two attached hydrogens (primary N) is 1. The lowest BCUT2D eigenvalue weighted by molar-refractivity contribution is -0.154. The van der Waals surface area contributed by atoms with E-state index in [4.69, 9.17) is 0 Å². The van der Waals surface area contributed by atoms with Crippen LogP contribution in [0.2, 0.25) is 0 Å². The Morgan fingerprint density at radius 3 is 2.36 bits per heavy atom. The van der Waals surface area contributed by atoms with Gasteiger partial charge in [-0.1, -0.05) is 0 Å². The lowest BCUT2D eigenvalue weighted by Crippen LogP contribution is -2.33. The fourth-order valence-corrected chi connectivity index (χ4v) is 0.954. The van der Waals surface area contributed by atoms with Gasteiger partial charge in [-0.2, -0.15) is 13.2 Å². The molecule has 0 radical (unpaired) electrons. The van der Waals surface area contributed by atoms with Gasteiger partial charge >= 0.3 is 6.18 Å². The van der Waals surface area contributed by atoms with E-state index in [9.17, 15) is 18.0 Å². The van der Waals surface area contributed by atoms with E-state index < -0.39 is 23.9 Å². The van der Waals surface area contributed by atoms with E-state index in [1.807, 2.05) is 0 Å². The topological polar surface area (TPSA) is 55.1 Å². The van der Waals surface area contributed by atoms with E-state index in [-0.39, 0.29) is 6.42 Å². The van der Waals surface area contributed by atoms with Crippen molar-refractivity contribution in [3.8, 4) is 0 Å². The van der Waals surface area contributed by atoms with E-state index >= 15 is 0 Å². The van der Waals surface area contributed by atoms with Crippen molar-refractivity contribution in [1.29, 1.82) is 0 Å². The van der Waals surface area contributed by atoms with Gasteiger partial charge in [-0.05, 0) is 6.42 Å². The average molecular weight is 168 g/mol. The van der Waals surface area contributed by atoms with Gasteiger partial charge < -0.3 is 0 Å². The van der Waals surface area contributed by atoms with Gasteiger partial charge in [0.1, 0.15) is 0 Å². The van der Waals surface area contributed by atoms with Crippen molar-refractivity contribution in [2.45, 2.75) is 12.6 Å². The normalized spacial score (nSPS) is 29.8. The maximum Gasteiger partial charge on any atom is 0.392 e. The largest absolute Gasteiger partial charge is 0.392 e. The minimum Gasteiger partial charge on any atom is -0.294 e. The zero-order valence-electron chi connectivity index (χ0n) is 5.48. The molecule has 1 aliphatic rings. The van der Waals surface area contributed by atoms with Crippen LogP contribution in [-0.4, -0.2) is 12.1 Å². The van der Waals surface area contributed by atoms with Gasteiger partial charge in [-0.25, -0.2) is 5.84 Å². The molecule has 6 heteroatoms. The number of nitrogens with one attached hydrogen (secondary N) is 1. The number of rotatable bonds is 1. The van der Waals surface area contributed by atoms with Crippen LogP contribution in [0.3, 0.4) is 0 Å². The smallest absolute Gasteiger partial charge is 0.294 e. The number of alkyl halides is 3. The number of amides is 1. The molecule has 1 fully saturated rings. The zero-order chi connectivity index (χ0) is 8.65. The maximum atomic E-state index is 11.8. The zero-order valence-corrected chi connectivity index (χ0v) is 5.48. The first-order valence-electron chi connectivity index (χ1n) is 3.04. The predicted octanol–water partition coefficient (Wildman–Crippen LogP) is 0.175. The second-order valence-electron chi connectivity index (χ2n) is 2.50. The average Bonchev–Trinajstić information content (AvgIpc) is 2.62. The number of hydrazine groups is 1. The van der Waals surface area contributed by atoms with Gasteiger partial charge in [0.05, 0.1) is 11.8 Å². The summed E-state index contributed by atoms with van der Waals surface area (Å²) < 4.78 is 35.3. The monoisotopic (exact) mass is 168 g/mol. The van der Waals surface area contributed by atoms with E-state index in [1.54, 1.807) is 5.43 Å². The summed E-state index contributed by atoms with van der Waals surface area (Å²) in [5.41, 5.74) is 1.69. The Balaban J connectivity index is 2.44. The van der Waals surface area contributed by atoms with Crippen LogP contribution < -0.4 is 11.3 Å². The van der Waals surface area contributed by atoms with Gasteiger partial charge in [0.2, 0.25) is 5.91 Å². The second kappa shape index (κ2) is 2.37. The molecule has 1 aliphatic carbocycles. The minimum absolute atomic E-state index is 0.132. The highest BCUT2D eigenvalue weighted by molar-refractivity contribution is 5.81. The van der Waals surface area contributed by atoms with Gasteiger partial charge in [0.25, 0.3) is 0 Å². The Morgan fingerprint density at radius 1 is 1.55 bits per heavy atom. The van der Waals surface area contributed by atoms with Crippen molar-refractivity contribution in [2.24, 2.45) is 17.7 Å². The molecule has 0 spiro atoms. The van der Waals surface area contributed by atoms with Crippen molar-refractivity contribution < 1.29 is 18.0 Å². The van der Waals surface area contributed by atoms with E-state index in [2.05, 4.69) is 5.84 Å². The molecule has 1 amide bonds. The predicted molar refractivity (Wildman–Crippen MR) is 30.0 cm³/mol. The summed E-state index contributed by atoms with van der Waals surface area (Å²) >= 11 is 0. The Bertz CT molecular complexity index is 179. The van der Waals surface area contributed by atoms with Crippen molar-refractivity contribution in [3.63, 3.8) is 0 Å². The van der Waals surface area contributed by atoms with Crippen molar-refractivity contribution >= 4 is 5.91 Å². The molecule has 64 valence electrons. The Morgan fingerprint density at radius 2 is 2.09 bits per heavy atom. The van der Waals surface area contributed by atoms with E-state index in [1.165, 1.54) is 0 Å². The molecule has 0 aliphatic heterocycles. The maximum absolute atomic E-state index is 11.8. The highest BCUT2D eigenvalue weighted by Gasteiger charge is 2.58. The van der Waals surface area contributed by atoms with E-state index in [0.29, 0.717) is 0 Å². The van der Waals surface area contributed by atoms with Crippen molar-refractivity contribution in [3.05, 3.63) is 0 Å².